The number of hydrogen-bond acceptors (Lipinski definition) is 4. The number of nitrogens with zero attached hydrogens (tertiary/aromatic N) is 2. The van der Waals surface area contributed by atoms with Gasteiger partial charge >= 0.3 is 6.03 Å². The van der Waals surface area contributed by atoms with Crippen LogP contribution in [0.5, 0.6) is 0 Å². The van der Waals surface area contributed by atoms with Crippen LogP contribution in [0.1, 0.15) is 43.9 Å². The third kappa shape index (κ3) is 5.98. The summed E-state index contributed by atoms with van der Waals surface area (Å²) in [5.41, 5.74) is 1.29. The number of nitrogens with one attached hydrogen (secondary N) is 1. The summed E-state index contributed by atoms with van der Waals surface area (Å²) in [7, 11) is -3.24. The van der Waals surface area contributed by atoms with Crippen LogP contribution in [-0.2, 0) is 9.84 Å². The van der Waals surface area contributed by atoms with Crippen molar-refractivity contribution in [3.63, 3.8) is 0 Å². The summed E-state index contributed by atoms with van der Waals surface area (Å²) in [6.07, 6.45) is 4.24. The maximum absolute atomic E-state index is 12.8. The van der Waals surface area contributed by atoms with Crippen molar-refractivity contribution in [2.24, 2.45) is 5.92 Å². The zero-order valence-corrected chi connectivity index (χ0v) is 17.2. The van der Waals surface area contributed by atoms with E-state index in [9.17, 15) is 13.2 Å². The van der Waals surface area contributed by atoms with Gasteiger partial charge in [-0.15, -0.1) is 0 Å². The minimum atomic E-state index is -3.24. The Morgan fingerprint density at radius 2 is 2.19 bits per heavy atom. The van der Waals surface area contributed by atoms with Crippen LogP contribution >= 0.6 is 11.6 Å². The van der Waals surface area contributed by atoms with Crippen molar-refractivity contribution in [2.75, 3.05) is 12.8 Å². The fourth-order valence-electron chi connectivity index (χ4n) is 3.12. The molecule has 1 unspecified atom stereocenters. The zero-order valence-electron chi connectivity index (χ0n) is 15.6. The fraction of sp³-hybridized carbons (Fsp3) is 0.474. The maximum atomic E-state index is 12.8. The lowest BCUT2D eigenvalue weighted by Crippen LogP contribution is -2.48. The first-order valence-corrected chi connectivity index (χ1v) is 11.1. The third-order valence-corrected chi connectivity index (χ3v) is 5.55. The topological polar surface area (TPSA) is 90.3 Å². The molecule has 1 saturated heterocycles. The molecule has 0 bridgehead atoms. The molecule has 1 aromatic carbocycles. The summed E-state index contributed by atoms with van der Waals surface area (Å²) in [6, 6.07) is 6.47. The summed E-state index contributed by atoms with van der Waals surface area (Å²) in [6.45, 7) is 4.46. The summed E-state index contributed by atoms with van der Waals surface area (Å²) in [5.74, 6) is 0.455. The van der Waals surface area contributed by atoms with E-state index < -0.39 is 15.9 Å². The number of urea groups is 1. The monoisotopic (exact) mass is 409 g/mol. The van der Waals surface area contributed by atoms with Crippen LogP contribution < -0.4 is 5.32 Å². The average molecular weight is 410 g/mol. The van der Waals surface area contributed by atoms with E-state index in [-0.39, 0.29) is 12.1 Å². The molecule has 0 aliphatic carbocycles. The number of rotatable bonds is 4. The molecular formula is C19H24ClN3O3S. The molecule has 0 radical (unpaired) electrons. The van der Waals surface area contributed by atoms with E-state index in [1.54, 1.807) is 24.0 Å². The molecule has 3 atom stereocenters. The van der Waals surface area contributed by atoms with E-state index in [1.807, 2.05) is 12.1 Å². The highest BCUT2D eigenvalue weighted by molar-refractivity contribution is 7.93. The first-order chi connectivity index (χ1) is 12.6. The van der Waals surface area contributed by atoms with Crippen molar-refractivity contribution in [3.8, 4) is 6.07 Å². The van der Waals surface area contributed by atoms with Gasteiger partial charge in [-0.25, -0.2) is 13.2 Å². The molecule has 1 N–H and O–H groups in total. The number of benzene rings is 1. The number of carbonyl (C=O) groups is 1. The van der Waals surface area contributed by atoms with Crippen molar-refractivity contribution < 1.29 is 13.2 Å². The second-order valence-corrected chi connectivity index (χ2v) is 9.42. The molecule has 6 nitrogen and oxygen atoms in total. The van der Waals surface area contributed by atoms with Gasteiger partial charge in [0.05, 0.1) is 16.6 Å². The highest BCUT2D eigenvalue weighted by atomic mass is 35.5. The number of halogens is 1. The second kappa shape index (κ2) is 8.77. The largest absolute Gasteiger partial charge is 0.332 e. The second-order valence-electron chi connectivity index (χ2n) is 7.09. The predicted molar refractivity (Wildman–Crippen MR) is 106 cm³/mol. The summed E-state index contributed by atoms with van der Waals surface area (Å²) in [4.78, 5) is 14.5. The van der Waals surface area contributed by atoms with E-state index in [0.29, 0.717) is 23.0 Å². The van der Waals surface area contributed by atoms with Crippen molar-refractivity contribution in [1.82, 2.24) is 10.2 Å². The molecular weight excluding hydrogens is 386 g/mol. The normalized spacial score (nSPS) is 21.7. The van der Waals surface area contributed by atoms with Crippen LogP contribution in [0.2, 0.25) is 5.02 Å². The van der Waals surface area contributed by atoms with Gasteiger partial charge in [0.15, 0.2) is 9.84 Å². The Labute approximate surface area is 165 Å². The molecule has 0 spiro atoms. The van der Waals surface area contributed by atoms with Crippen LogP contribution in [0.15, 0.2) is 29.7 Å². The van der Waals surface area contributed by atoms with Crippen LogP contribution in [0, 0.1) is 17.2 Å². The van der Waals surface area contributed by atoms with Gasteiger partial charge < -0.3 is 10.2 Å². The number of likely N-dealkylation sites (tertiary alicyclic amines) is 1. The van der Waals surface area contributed by atoms with Gasteiger partial charge in [0.2, 0.25) is 0 Å². The van der Waals surface area contributed by atoms with Crippen LogP contribution in [0.3, 0.4) is 0 Å². The third-order valence-electron chi connectivity index (χ3n) is 4.59. The lowest BCUT2D eigenvalue weighted by atomic mass is 9.88. The standard InChI is InChI=1S/C19H24ClN3O3S/c1-13-6-8-23(19(24)22-14(2)7-9-27(3,25)26)18(10-13)15-4-5-16(12-21)17(20)11-15/h4-5,7,9,11,13-14,18H,6,8,10H2,1-3H3,(H,22,24)/b9-7-/t13-,14?,18+/m0/s1. The zero-order chi connectivity index (χ0) is 20.2. The highest BCUT2D eigenvalue weighted by Crippen LogP contribution is 2.35. The minimum absolute atomic E-state index is 0.148. The molecule has 1 fully saturated rings. The van der Waals surface area contributed by atoms with E-state index in [4.69, 9.17) is 16.9 Å². The van der Waals surface area contributed by atoms with Gasteiger partial charge in [0, 0.05) is 24.3 Å². The molecule has 2 amide bonds. The Hall–Kier alpha value is -2.04. The Morgan fingerprint density at radius 1 is 1.48 bits per heavy atom. The van der Waals surface area contributed by atoms with E-state index >= 15 is 0 Å². The molecule has 0 aromatic heterocycles. The van der Waals surface area contributed by atoms with Crippen molar-refractivity contribution >= 4 is 27.5 Å². The Morgan fingerprint density at radius 3 is 2.78 bits per heavy atom. The van der Waals surface area contributed by atoms with E-state index in [0.717, 1.165) is 30.1 Å². The van der Waals surface area contributed by atoms with E-state index in [1.165, 1.54) is 6.08 Å². The van der Waals surface area contributed by atoms with Crippen LogP contribution in [0.4, 0.5) is 4.79 Å². The summed E-state index contributed by atoms with van der Waals surface area (Å²) in [5, 5.41) is 13.3. The van der Waals surface area contributed by atoms with Crippen LogP contribution in [-0.4, -0.2) is 38.2 Å². The van der Waals surface area contributed by atoms with Crippen LogP contribution in [0.25, 0.3) is 0 Å². The molecule has 0 saturated carbocycles. The van der Waals surface area contributed by atoms with Crippen molar-refractivity contribution in [2.45, 2.75) is 38.8 Å². The molecule has 1 aromatic rings. The number of carbonyl (C=O) groups excluding carboxylic acids is 1. The van der Waals surface area contributed by atoms with Gasteiger partial charge in [0.25, 0.3) is 0 Å². The smallest absolute Gasteiger partial charge is 0.318 e. The summed E-state index contributed by atoms with van der Waals surface area (Å²) < 4.78 is 22.5. The van der Waals surface area contributed by atoms with Gasteiger partial charge in [-0.2, -0.15) is 5.26 Å². The molecule has 1 aliphatic rings. The number of hydrogen-bond donors (Lipinski definition) is 1. The van der Waals surface area contributed by atoms with Gasteiger partial charge in [-0.3, -0.25) is 0 Å². The number of piperidine rings is 1. The first kappa shape index (κ1) is 21.3. The minimum Gasteiger partial charge on any atom is -0.332 e. The first-order valence-electron chi connectivity index (χ1n) is 8.75. The predicted octanol–water partition coefficient (Wildman–Crippen LogP) is 3.64. The van der Waals surface area contributed by atoms with Gasteiger partial charge in [-0.1, -0.05) is 30.7 Å². The molecule has 8 heteroatoms. The number of amides is 2. The average Bonchev–Trinajstić information content (AvgIpc) is 2.59. The quantitative estimate of drug-likeness (QED) is 0.821. The van der Waals surface area contributed by atoms with Gasteiger partial charge in [0.1, 0.15) is 6.07 Å². The molecule has 1 heterocycles. The molecule has 2 rings (SSSR count). The Balaban J connectivity index is 2.20. The van der Waals surface area contributed by atoms with E-state index in [2.05, 4.69) is 12.2 Å². The lowest BCUT2D eigenvalue weighted by Gasteiger charge is -2.39. The number of sulfone groups is 1. The van der Waals surface area contributed by atoms with Gasteiger partial charge in [-0.05, 0) is 43.4 Å². The SMILES string of the molecule is CC(/C=C\S(C)(=O)=O)NC(=O)N1CC[C@H](C)C[C@@H]1c1ccc(C#N)c(Cl)c1. The molecule has 27 heavy (non-hydrogen) atoms. The van der Waals surface area contributed by atoms with Crippen molar-refractivity contribution in [3.05, 3.63) is 45.8 Å². The van der Waals surface area contributed by atoms with Crippen molar-refractivity contribution in [1.29, 1.82) is 5.26 Å². The Kier molecular flexibility index (Phi) is 6.90. The lowest BCUT2D eigenvalue weighted by molar-refractivity contribution is 0.131. The molecule has 146 valence electrons. The fourth-order valence-corrected chi connectivity index (χ4v) is 3.87. The Bertz CT molecular complexity index is 877. The number of nitriles is 1. The maximum Gasteiger partial charge on any atom is 0.318 e. The summed E-state index contributed by atoms with van der Waals surface area (Å²) >= 11 is 6.17. The highest BCUT2D eigenvalue weighted by Gasteiger charge is 2.31. The molecule has 1 aliphatic heterocycles.